The minimum Gasteiger partial charge on any atom is -0.388 e. The molecule has 1 N–H and O–H groups in total. The molecule has 0 aliphatic heterocycles. The van der Waals surface area contributed by atoms with Gasteiger partial charge in [-0.1, -0.05) is 12.8 Å². The lowest BCUT2D eigenvalue weighted by Gasteiger charge is -2.05. The molecule has 1 saturated carbocycles. The minimum atomic E-state index is -0.628. The van der Waals surface area contributed by atoms with Crippen LogP contribution in [0.1, 0.15) is 43.6 Å². The second-order valence-electron chi connectivity index (χ2n) is 4.28. The zero-order chi connectivity index (χ0) is 12.4. The summed E-state index contributed by atoms with van der Waals surface area (Å²) in [5, 5.41) is 20.9. The van der Waals surface area contributed by atoms with Crippen LogP contribution >= 0.6 is 23.1 Å². The monoisotopic (exact) mass is 273 g/mol. The van der Waals surface area contributed by atoms with Gasteiger partial charge in [0.25, 0.3) is 5.69 Å². The van der Waals surface area contributed by atoms with E-state index in [-0.39, 0.29) is 10.6 Å². The van der Waals surface area contributed by atoms with Crippen molar-refractivity contribution < 1.29 is 10.0 Å². The van der Waals surface area contributed by atoms with E-state index in [0.717, 1.165) is 17.1 Å². The molecule has 94 valence electrons. The van der Waals surface area contributed by atoms with E-state index >= 15 is 0 Å². The van der Waals surface area contributed by atoms with Crippen LogP contribution in [0.4, 0.5) is 5.69 Å². The zero-order valence-corrected chi connectivity index (χ0v) is 11.2. The summed E-state index contributed by atoms with van der Waals surface area (Å²) in [5.74, 6) is 0. The summed E-state index contributed by atoms with van der Waals surface area (Å²) in [7, 11) is 0. The van der Waals surface area contributed by atoms with Crippen LogP contribution in [0.3, 0.4) is 0 Å². The third-order valence-corrected chi connectivity index (χ3v) is 5.74. The van der Waals surface area contributed by atoms with Crippen molar-refractivity contribution in [3.05, 3.63) is 21.1 Å². The number of thioether (sulfide) groups is 1. The Morgan fingerprint density at radius 2 is 2.24 bits per heavy atom. The number of aliphatic hydroxyl groups is 1. The maximum atomic E-state index is 10.9. The first-order chi connectivity index (χ1) is 8.08. The van der Waals surface area contributed by atoms with Crippen LogP contribution in [0.2, 0.25) is 0 Å². The lowest BCUT2D eigenvalue weighted by molar-refractivity contribution is -0.387. The van der Waals surface area contributed by atoms with Crippen LogP contribution in [0.15, 0.2) is 10.3 Å². The van der Waals surface area contributed by atoms with E-state index in [1.807, 2.05) is 0 Å². The molecule has 0 radical (unpaired) electrons. The Bertz CT molecular complexity index is 411. The molecule has 0 aromatic carbocycles. The molecule has 0 spiro atoms. The van der Waals surface area contributed by atoms with E-state index in [9.17, 15) is 15.2 Å². The minimum absolute atomic E-state index is 0.155. The molecular weight excluding hydrogens is 258 g/mol. The Balaban J connectivity index is 2.20. The van der Waals surface area contributed by atoms with Crippen LogP contribution in [0, 0.1) is 10.1 Å². The largest absolute Gasteiger partial charge is 0.388 e. The molecule has 6 heteroatoms. The third kappa shape index (κ3) is 3.00. The highest BCUT2D eigenvalue weighted by Crippen LogP contribution is 2.44. The fourth-order valence-corrected chi connectivity index (χ4v) is 4.77. The molecule has 1 aliphatic rings. The molecule has 0 unspecified atom stereocenters. The fraction of sp³-hybridized carbons (Fsp3) is 0.636. The van der Waals surface area contributed by atoms with E-state index in [1.165, 1.54) is 30.2 Å². The maximum Gasteiger partial charge on any atom is 0.294 e. The molecular formula is C11H15NO3S2. The normalized spacial score (nSPS) is 18.5. The smallest absolute Gasteiger partial charge is 0.294 e. The van der Waals surface area contributed by atoms with Gasteiger partial charge >= 0.3 is 0 Å². The molecule has 0 amide bonds. The SMILES string of the molecule is C[C@@H](O)c1cc([N+](=O)[O-])c(SC2CCCC2)s1. The number of thiophene rings is 1. The van der Waals surface area contributed by atoms with Crippen LogP contribution in [-0.4, -0.2) is 15.3 Å². The number of nitrogens with zero attached hydrogens (tertiary/aromatic N) is 1. The average Bonchev–Trinajstić information content (AvgIpc) is 2.87. The fourth-order valence-electron chi connectivity index (χ4n) is 1.96. The second kappa shape index (κ2) is 5.37. The van der Waals surface area contributed by atoms with Crippen LogP contribution in [0.25, 0.3) is 0 Å². The first kappa shape index (κ1) is 12.9. The van der Waals surface area contributed by atoms with Gasteiger partial charge in [0.2, 0.25) is 0 Å². The number of hydrogen-bond donors (Lipinski definition) is 1. The highest BCUT2D eigenvalue weighted by molar-refractivity contribution is 8.01. The number of rotatable bonds is 4. The predicted molar refractivity (Wildman–Crippen MR) is 69.7 cm³/mol. The zero-order valence-electron chi connectivity index (χ0n) is 9.59. The Morgan fingerprint density at radius 3 is 2.76 bits per heavy atom. The molecule has 1 aliphatic carbocycles. The number of nitro groups is 1. The molecule has 1 aromatic rings. The Kier molecular flexibility index (Phi) is 4.06. The molecule has 1 aromatic heterocycles. The third-order valence-electron chi connectivity index (χ3n) is 2.88. The lowest BCUT2D eigenvalue weighted by Crippen LogP contribution is -1.94. The average molecular weight is 273 g/mol. The maximum absolute atomic E-state index is 10.9. The number of hydrogen-bond acceptors (Lipinski definition) is 5. The summed E-state index contributed by atoms with van der Waals surface area (Å²) >= 11 is 2.96. The van der Waals surface area contributed by atoms with E-state index in [0.29, 0.717) is 10.1 Å². The van der Waals surface area contributed by atoms with Crippen molar-refractivity contribution in [2.24, 2.45) is 0 Å². The summed E-state index contributed by atoms with van der Waals surface area (Å²) in [6.45, 7) is 1.64. The van der Waals surface area contributed by atoms with Gasteiger partial charge < -0.3 is 5.11 Å². The first-order valence-corrected chi connectivity index (χ1v) is 7.40. The molecule has 2 rings (SSSR count). The Morgan fingerprint density at radius 1 is 1.59 bits per heavy atom. The van der Waals surface area contributed by atoms with Gasteiger partial charge in [0, 0.05) is 16.2 Å². The van der Waals surface area contributed by atoms with Gasteiger partial charge in [-0.3, -0.25) is 10.1 Å². The lowest BCUT2D eigenvalue weighted by atomic mass is 10.3. The molecule has 0 bridgehead atoms. The molecule has 1 fully saturated rings. The van der Waals surface area contributed by atoms with Gasteiger partial charge in [0.1, 0.15) is 4.21 Å². The van der Waals surface area contributed by atoms with Crippen molar-refractivity contribution in [2.45, 2.75) is 48.2 Å². The Labute approximate surface area is 108 Å². The highest BCUT2D eigenvalue weighted by Gasteiger charge is 2.25. The van der Waals surface area contributed by atoms with Crippen molar-refractivity contribution in [3.63, 3.8) is 0 Å². The van der Waals surface area contributed by atoms with E-state index in [2.05, 4.69) is 0 Å². The number of aliphatic hydroxyl groups excluding tert-OH is 1. The predicted octanol–water partition coefficient (Wildman–Crippen LogP) is 3.74. The topological polar surface area (TPSA) is 63.4 Å². The summed E-state index contributed by atoms with van der Waals surface area (Å²) < 4.78 is 0.748. The van der Waals surface area contributed by atoms with Crippen molar-refractivity contribution in [2.75, 3.05) is 0 Å². The van der Waals surface area contributed by atoms with E-state index in [4.69, 9.17) is 0 Å². The summed E-state index contributed by atoms with van der Waals surface area (Å²) in [4.78, 5) is 11.3. The van der Waals surface area contributed by atoms with Gasteiger partial charge in [0.05, 0.1) is 11.0 Å². The van der Waals surface area contributed by atoms with Crippen LogP contribution < -0.4 is 0 Å². The molecule has 4 nitrogen and oxygen atoms in total. The van der Waals surface area contributed by atoms with Crippen molar-refractivity contribution in [1.82, 2.24) is 0 Å². The van der Waals surface area contributed by atoms with Crippen molar-refractivity contribution in [3.8, 4) is 0 Å². The first-order valence-electron chi connectivity index (χ1n) is 5.70. The molecule has 1 atom stereocenters. The van der Waals surface area contributed by atoms with Crippen molar-refractivity contribution >= 4 is 28.8 Å². The van der Waals surface area contributed by atoms with E-state index < -0.39 is 6.10 Å². The van der Waals surface area contributed by atoms with Crippen LogP contribution in [0.5, 0.6) is 0 Å². The van der Waals surface area contributed by atoms with Crippen LogP contribution in [-0.2, 0) is 0 Å². The van der Waals surface area contributed by atoms with Gasteiger partial charge in [-0.15, -0.1) is 23.1 Å². The van der Waals surface area contributed by atoms with Gasteiger partial charge in [-0.2, -0.15) is 0 Å². The summed E-state index contributed by atoms with van der Waals surface area (Å²) in [6, 6.07) is 1.51. The summed E-state index contributed by atoms with van der Waals surface area (Å²) in [5.41, 5.74) is 0.155. The quantitative estimate of drug-likeness (QED) is 0.670. The van der Waals surface area contributed by atoms with Gasteiger partial charge in [-0.05, 0) is 19.8 Å². The molecule has 1 heterocycles. The van der Waals surface area contributed by atoms with Gasteiger partial charge in [-0.25, -0.2) is 0 Å². The molecule has 0 saturated heterocycles. The molecule has 17 heavy (non-hydrogen) atoms. The second-order valence-corrected chi connectivity index (χ2v) is 6.93. The van der Waals surface area contributed by atoms with Gasteiger partial charge in [0.15, 0.2) is 0 Å². The van der Waals surface area contributed by atoms with Crippen molar-refractivity contribution in [1.29, 1.82) is 0 Å². The van der Waals surface area contributed by atoms with E-state index in [1.54, 1.807) is 18.7 Å². The summed E-state index contributed by atoms with van der Waals surface area (Å²) in [6.07, 6.45) is 4.10. The standard InChI is InChI=1S/C11H15NO3S2/c1-7(13)10-6-9(12(14)15)11(17-10)16-8-4-2-3-5-8/h6-8,13H,2-5H2,1H3/t7-/m1/s1. The Hall–Kier alpha value is -0.590. The highest BCUT2D eigenvalue weighted by atomic mass is 32.2.